The van der Waals surface area contributed by atoms with Crippen molar-refractivity contribution in [1.82, 2.24) is 0 Å². The Morgan fingerprint density at radius 2 is 2.06 bits per heavy atom. The van der Waals surface area contributed by atoms with Crippen LogP contribution >= 0.6 is 0 Å². The first-order valence-corrected chi connectivity index (χ1v) is 6.40. The van der Waals surface area contributed by atoms with Crippen molar-refractivity contribution in [2.75, 3.05) is 0 Å². The van der Waals surface area contributed by atoms with E-state index in [9.17, 15) is 14.6 Å². The maximum Gasteiger partial charge on any atom is 0.165 e. The summed E-state index contributed by atoms with van der Waals surface area (Å²) in [6.45, 7) is 1.58. The molecule has 2 rings (SSSR count). The van der Waals surface area contributed by atoms with Crippen LogP contribution in [0.5, 0.6) is 5.75 Å². The van der Waals surface area contributed by atoms with Gasteiger partial charge in [-0.25, -0.2) is 4.39 Å². The molecular formula is C14H19FO3. The lowest BCUT2D eigenvalue weighted by molar-refractivity contribution is 0.00495. The van der Waals surface area contributed by atoms with Crippen molar-refractivity contribution >= 4 is 0 Å². The van der Waals surface area contributed by atoms with E-state index in [2.05, 4.69) is 0 Å². The predicted octanol–water partition coefficient (Wildman–Crippen LogP) is 2.56. The molecule has 1 aromatic rings. The molecule has 0 saturated heterocycles. The van der Waals surface area contributed by atoms with Crippen LogP contribution in [-0.2, 0) is 0 Å². The van der Waals surface area contributed by atoms with Crippen LogP contribution in [0.4, 0.5) is 4.39 Å². The molecule has 0 radical (unpaired) electrons. The zero-order chi connectivity index (χ0) is 13.1. The smallest absolute Gasteiger partial charge is 0.165 e. The molecule has 0 bridgehead atoms. The maximum atomic E-state index is 13.8. The average Bonchev–Trinajstić information content (AvgIpc) is 2.34. The molecule has 1 saturated carbocycles. The second-order valence-corrected chi connectivity index (χ2v) is 4.87. The number of ether oxygens (including phenoxy) is 1. The molecule has 0 heterocycles. The van der Waals surface area contributed by atoms with Gasteiger partial charge in [-0.3, -0.25) is 0 Å². The van der Waals surface area contributed by atoms with Crippen LogP contribution in [0.2, 0.25) is 0 Å². The largest absolute Gasteiger partial charge is 0.485 e. The number of hydrogen-bond donors (Lipinski definition) is 2. The van der Waals surface area contributed by atoms with Crippen LogP contribution in [0.1, 0.15) is 44.3 Å². The van der Waals surface area contributed by atoms with Gasteiger partial charge in [-0.05, 0) is 43.9 Å². The minimum Gasteiger partial charge on any atom is -0.485 e. The molecule has 0 aromatic heterocycles. The molecule has 2 N–H and O–H groups in total. The summed E-state index contributed by atoms with van der Waals surface area (Å²) < 4.78 is 19.3. The summed E-state index contributed by atoms with van der Waals surface area (Å²) in [5, 5.41) is 19.1. The first kappa shape index (κ1) is 13.3. The normalized spacial score (nSPS) is 25.8. The third-order valence-corrected chi connectivity index (χ3v) is 3.38. The number of rotatable bonds is 3. The fourth-order valence-electron chi connectivity index (χ4n) is 2.25. The van der Waals surface area contributed by atoms with Crippen molar-refractivity contribution in [3.63, 3.8) is 0 Å². The van der Waals surface area contributed by atoms with Crippen molar-refractivity contribution in [3.8, 4) is 5.75 Å². The first-order chi connectivity index (χ1) is 8.58. The highest BCUT2D eigenvalue weighted by atomic mass is 19.1. The molecule has 4 heteroatoms. The van der Waals surface area contributed by atoms with Crippen LogP contribution in [0.3, 0.4) is 0 Å². The summed E-state index contributed by atoms with van der Waals surface area (Å²) in [5.41, 5.74) is 0.518. The van der Waals surface area contributed by atoms with E-state index in [4.69, 9.17) is 4.74 Å². The minimum absolute atomic E-state index is 0.144. The van der Waals surface area contributed by atoms with Crippen molar-refractivity contribution in [2.45, 2.75) is 50.9 Å². The lowest BCUT2D eigenvalue weighted by atomic mass is 9.95. The molecule has 0 amide bonds. The Bertz CT molecular complexity index is 406. The molecule has 1 aliphatic carbocycles. The third-order valence-electron chi connectivity index (χ3n) is 3.38. The molecule has 3 nitrogen and oxygen atoms in total. The summed E-state index contributed by atoms with van der Waals surface area (Å²) in [5.74, 6) is -0.350. The SMILES string of the molecule is C[C@H](O)c1ccc(OC2CCCCC2O)c(F)c1. The van der Waals surface area contributed by atoms with Gasteiger partial charge in [0.2, 0.25) is 0 Å². The van der Waals surface area contributed by atoms with E-state index in [-0.39, 0.29) is 11.9 Å². The van der Waals surface area contributed by atoms with Gasteiger partial charge < -0.3 is 14.9 Å². The van der Waals surface area contributed by atoms with Gasteiger partial charge in [-0.1, -0.05) is 12.5 Å². The second kappa shape index (κ2) is 5.67. The molecule has 18 heavy (non-hydrogen) atoms. The minimum atomic E-state index is -0.700. The van der Waals surface area contributed by atoms with Crippen molar-refractivity contribution in [1.29, 1.82) is 0 Å². The fourth-order valence-corrected chi connectivity index (χ4v) is 2.25. The lowest BCUT2D eigenvalue weighted by Crippen LogP contribution is -2.34. The van der Waals surface area contributed by atoms with Crippen LogP contribution in [0, 0.1) is 5.82 Å². The van der Waals surface area contributed by atoms with Crippen LogP contribution in [-0.4, -0.2) is 22.4 Å². The quantitative estimate of drug-likeness (QED) is 0.871. The zero-order valence-corrected chi connectivity index (χ0v) is 10.5. The standard InChI is InChI=1S/C14H19FO3/c1-9(16)10-6-7-13(11(15)8-10)18-14-5-3-2-4-12(14)17/h6-9,12,14,16-17H,2-5H2,1H3/t9-,12?,14?/m0/s1. The topological polar surface area (TPSA) is 49.7 Å². The Morgan fingerprint density at radius 3 is 2.67 bits per heavy atom. The molecule has 0 spiro atoms. The highest BCUT2D eigenvalue weighted by Gasteiger charge is 2.25. The number of aliphatic hydroxyl groups is 2. The highest BCUT2D eigenvalue weighted by Crippen LogP contribution is 2.27. The van der Waals surface area contributed by atoms with Gasteiger partial charge in [-0.2, -0.15) is 0 Å². The first-order valence-electron chi connectivity index (χ1n) is 6.40. The van der Waals surface area contributed by atoms with Crippen molar-refractivity contribution in [3.05, 3.63) is 29.6 Å². The van der Waals surface area contributed by atoms with E-state index in [0.29, 0.717) is 12.0 Å². The lowest BCUT2D eigenvalue weighted by Gasteiger charge is -2.28. The predicted molar refractivity (Wildman–Crippen MR) is 65.9 cm³/mol. The van der Waals surface area contributed by atoms with Gasteiger partial charge in [0, 0.05) is 0 Å². The summed E-state index contributed by atoms with van der Waals surface area (Å²) in [7, 11) is 0. The molecule has 2 unspecified atom stereocenters. The molecule has 1 aromatic carbocycles. The Kier molecular flexibility index (Phi) is 4.19. The third kappa shape index (κ3) is 3.00. The summed E-state index contributed by atoms with van der Waals surface area (Å²) in [4.78, 5) is 0. The van der Waals surface area contributed by atoms with Gasteiger partial charge >= 0.3 is 0 Å². The Hall–Kier alpha value is -1.13. The average molecular weight is 254 g/mol. The summed E-state index contributed by atoms with van der Waals surface area (Å²) in [6, 6.07) is 4.42. The second-order valence-electron chi connectivity index (χ2n) is 4.87. The fraction of sp³-hybridized carbons (Fsp3) is 0.571. The van der Waals surface area contributed by atoms with E-state index in [1.807, 2.05) is 0 Å². The monoisotopic (exact) mass is 254 g/mol. The van der Waals surface area contributed by atoms with Crippen LogP contribution in [0.15, 0.2) is 18.2 Å². The molecule has 100 valence electrons. The molecule has 1 aliphatic rings. The van der Waals surface area contributed by atoms with Crippen molar-refractivity contribution < 1.29 is 19.3 Å². The summed E-state index contributed by atoms with van der Waals surface area (Å²) >= 11 is 0. The molecule has 1 fully saturated rings. The zero-order valence-electron chi connectivity index (χ0n) is 10.5. The Labute approximate surface area is 106 Å². The number of aliphatic hydroxyl groups excluding tert-OH is 2. The van der Waals surface area contributed by atoms with Crippen LogP contribution in [0.25, 0.3) is 0 Å². The van der Waals surface area contributed by atoms with Gasteiger partial charge in [0.1, 0.15) is 6.10 Å². The molecule has 0 aliphatic heterocycles. The van der Waals surface area contributed by atoms with Gasteiger partial charge in [0.05, 0.1) is 12.2 Å². The van der Waals surface area contributed by atoms with Gasteiger partial charge in [0.25, 0.3) is 0 Å². The maximum absolute atomic E-state index is 13.8. The Balaban J connectivity index is 2.09. The van der Waals surface area contributed by atoms with E-state index in [1.54, 1.807) is 13.0 Å². The van der Waals surface area contributed by atoms with Gasteiger partial charge in [0.15, 0.2) is 11.6 Å². The van der Waals surface area contributed by atoms with E-state index in [1.165, 1.54) is 12.1 Å². The highest BCUT2D eigenvalue weighted by molar-refractivity contribution is 5.30. The van der Waals surface area contributed by atoms with Gasteiger partial charge in [-0.15, -0.1) is 0 Å². The Morgan fingerprint density at radius 1 is 1.33 bits per heavy atom. The molecular weight excluding hydrogens is 235 g/mol. The van der Waals surface area contributed by atoms with E-state index in [0.717, 1.165) is 19.3 Å². The summed E-state index contributed by atoms with van der Waals surface area (Å²) in [6.07, 6.45) is 1.89. The number of hydrogen-bond acceptors (Lipinski definition) is 3. The van der Waals surface area contributed by atoms with Crippen LogP contribution < -0.4 is 4.74 Å². The van der Waals surface area contributed by atoms with E-state index >= 15 is 0 Å². The van der Waals surface area contributed by atoms with E-state index < -0.39 is 18.0 Å². The van der Waals surface area contributed by atoms with Crippen molar-refractivity contribution in [2.24, 2.45) is 0 Å². The number of benzene rings is 1. The number of halogens is 1. The molecule has 3 atom stereocenters.